The minimum atomic E-state index is -0.492. The van der Waals surface area contributed by atoms with E-state index >= 15 is 0 Å². The SMILES string of the molecule is CN1/C(=C/C=C/C2=Nc3ccc([N+](=O)[O-])cc3C2(C)Cc2ccccc2)C(C)(C)c2ccc3ccccc3c21. The van der Waals surface area contributed by atoms with Crippen molar-refractivity contribution in [2.45, 2.75) is 38.0 Å². The first-order valence-electron chi connectivity index (χ1n) is 13.3. The van der Waals surface area contributed by atoms with Gasteiger partial charge < -0.3 is 4.90 Å². The van der Waals surface area contributed by atoms with Crippen molar-refractivity contribution in [2.24, 2.45) is 4.99 Å². The molecule has 0 bridgehead atoms. The smallest absolute Gasteiger partial charge is 0.269 e. The first-order valence-corrected chi connectivity index (χ1v) is 13.3. The number of non-ortho nitro benzene ring substituents is 1. The number of nitrogens with zero attached hydrogens (tertiary/aromatic N) is 3. The fourth-order valence-corrected chi connectivity index (χ4v) is 6.33. The molecule has 0 fully saturated rings. The van der Waals surface area contributed by atoms with Gasteiger partial charge in [0.1, 0.15) is 0 Å². The van der Waals surface area contributed by atoms with Gasteiger partial charge in [0.25, 0.3) is 5.69 Å². The number of aliphatic imine (C=N–C) groups is 1. The number of allylic oxidation sites excluding steroid dienone is 4. The van der Waals surface area contributed by atoms with Gasteiger partial charge in [-0.25, -0.2) is 0 Å². The van der Waals surface area contributed by atoms with Crippen molar-refractivity contribution in [2.75, 3.05) is 11.9 Å². The molecule has 0 aliphatic carbocycles. The van der Waals surface area contributed by atoms with Crippen molar-refractivity contribution in [1.82, 2.24) is 0 Å². The average molecular weight is 514 g/mol. The second-order valence-corrected chi connectivity index (χ2v) is 11.2. The Morgan fingerprint density at radius 1 is 0.923 bits per heavy atom. The molecule has 2 aliphatic rings. The molecule has 1 atom stereocenters. The van der Waals surface area contributed by atoms with E-state index in [4.69, 9.17) is 4.99 Å². The van der Waals surface area contributed by atoms with Crippen LogP contribution in [0.4, 0.5) is 17.1 Å². The van der Waals surface area contributed by atoms with E-state index in [0.29, 0.717) is 6.42 Å². The Hall–Kier alpha value is -4.51. The maximum absolute atomic E-state index is 11.6. The monoisotopic (exact) mass is 513 g/mol. The summed E-state index contributed by atoms with van der Waals surface area (Å²) in [6.45, 7) is 6.68. The highest BCUT2D eigenvalue weighted by Gasteiger charge is 2.40. The van der Waals surface area contributed by atoms with Gasteiger partial charge in [-0.1, -0.05) is 86.7 Å². The van der Waals surface area contributed by atoms with Crippen LogP contribution in [0.3, 0.4) is 0 Å². The summed E-state index contributed by atoms with van der Waals surface area (Å²) in [6, 6.07) is 28.2. The fraction of sp³-hybridized carbons (Fsp3) is 0.206. The number of rotatable bonds is 5. The molecule has 5 heteroatoms. The predicted octanol–water partition coefficient (Wildman–Crippen LogP) is 8.20. The quantitative estimate of drug-likeness (QED) is 0.200. The number of nitro benzene ring substituents is 1. The zero-order valence-corrected chi connectivity index (χ0v) is 22.7. The molecule has 5 nitrogen and oxygen atoms in total. The van der Waals surface area contributed by atoms with Gasteiger partial charge >= 0.3 is 0 Å². The molecule has 4 aromatic rings. The summed E-state index contributed by atoms with van der Waals surface area (Å²) < 4.78 is 0. The van der Waals surface area contributed by atoms with Gasteiger partial charge in [0.15, 0.2) is 0 Å². The summed E-state index contributed by atoms with van der Waals surface area (Å²) in [5, 5.41) is 14.1. The maximum Gasteiger partial charge on any atom is 0.269 e. The molecule has 0 radical (unpaired) electrons. The van der Waals surface area contributed by atoms with Gasteiger partial charge in [-0.3, -0.25) is 15.1 Å². The van der Waals surface area contributed by atoms with Crippen LogP contribution in [0.15, 0.2) is 114 Å². The van der Waals surface area contributed by atoms with Gasteiger partial charge in [-0.2, -0.15) is 0 Å². The lowest BCUT2D eigenvalue weighted by Gasteiger charge is -2.27. The highest BCUT2D eigenvalue weighted by molar-refractivity contribution is 6.09. The Morgan fingerprint density at radius 3 is 2.44 bits per heavy atom. The third-order valence-electron chi connectivity index (χ3n) is 8.41. The fourth-order valence-electron chi connectivity index (χ4n) is 6.33. The summed E-state index contributed by atoms with van der Waals surface area (Å²) in [5.41, 5.74) is 6.98. The molecular formula is C34H31N3O2. The lowest BCUT2D eigenvalue weighted by Crippen LogP contribution is -2.31. The average Bonchev–Trinajstić information content (AvgIpc) is 3.31. The molecule has 1 unspecified atom stereocenters. The number of likely N-dealkylation sites (N-methyl/N-ethyl adjacent to an activating group) is 1. The van der Waals surface area contributed by atoms with Crippen LogP contribution < -0.4 is 4.90 Å². The van der Waals surface area contributed by atoms with E-state index in [1.165, 1.54) is 33.8 Å². The summed E-state index contributed by atoms with van der Waals surface area (Å²) in [4.78, 5) is 18.5. The summed E-state index contributed by atoms with van der Waals surface area (Å²) in [6.07, 6.45) is 7.05. The van der Waals surface area contributed by atoms with Crippen LogP contribution in [-0.4, -0.2) is 17.7 Å². The second-order valence-electron chi connectivity index (χ2n) is 11.2. The third-order valence-corrected chi connectivity index (χ3v) is 8.41. The number of fused-ring (bicyclic) bond motifs is 4. The zero-order chi connectivity index (χ0) is 27.4. The molecule has 0 spiro atoms. The third kappa shape index (κ3) is 3.97. The minimum Gasteiger partial charge on any atom is -0.347 e. The second kappa shape index (κ2) is 9.05. The molecule has 194 valence electrons. The minimum absolute atomic E-state index is 0.0925. The molecule has 0 amide bonds. The van der Waals surface area contributed by atoms with Crippen LogP contribution >= 0.6 is 0 Å². The van der Waals surface area contributed by atoms with E-state index < -0.39 is 5.41 Å². The molecule has 6 rings (SSSR count). The van der Waals surface area contributed by atoms with Crippen LogP contribution in [0.5, 0.6) is 0 Å². The Kier molecular flexibility index (Phi) is 5.76. The summed E-state index contributed by atoms with van der Waals surface area (Å²) in [5.74, 6) is 0. The van der Waals surface area contributed by atoms with Gasteiger partial charge in [0, 0.05) is 41.1 Å². The highest BCUT2D eigenvalue weighted by atomic mass is 16.6. The number of anilines is 1. The molecule has 4 aromatic carbocycles. The zero-order valence-electron chi connectivity index (χ0n) is 22.7. The molecule has 0 aromatic heterocycles. The van der Waals surface area contributed by atoms with Gasteiger partial charge in [-0.05, 0) is 53.6 Å². The van der Waals surface area contributed by atoms with Crippen LogP contribution in [0, 0.1) is 10.1 Å². The molecule has 0 saturated heterocycles. The Morgan fingerprint density at radius 2 is 1.67 bits per heavy atom. The predicted molar refractivity (Wildman–Crippen MR) is 160 cm³/mol. The normalized spacial score (nSPS) is 20.5. The Labute approximate surface area is 229 Å². The van der Waals surface area contributed by atoms with Crippen molar-refractivity contribution in [1.29, 1.82) is 0 Å². The van der Waals surface area contributed by atoms with Gasteiger partial charge in [0.05, 0.1) is 22.0 Å². The molecule has 0 N–H and O–H groups in total. The molecule has 2 aliphatic heterocycles. The lowest BCUT2D eigenvalue weighted by atomic mass is 9.74. The Bertz CT molecular complexity index is 1720. The van der Waals surface area contributed by atoms with Crippen LogP contribution in [0.1, 0.15) is 37.5 Å². The first-order chi connectivity index (χ1) is 18.7. The summed E-state index contributed by atoms with van der Waals surface area (Å²) in [7, 11) is 2.14. The largest absolute Gasteiger partial charge is 0.347 e. The standard InChI is InChI=1S/C34H31N3O2/c1-33(2)27-19-17-24-13-8-9-14-26(24)32(27)36(4)31(33)16-10-15-30-34(3,22-23-11-6-5-7-12-23)28-21-25(37(38)39)18-20-29(28)35-30/h5-21H,22H2,1-4H3/b15-10+,31-16+. The first kappa shape index (κ1) is 24.8. The van der Waals surface area contributed by atoms with E-state index in [9.17, 15) is 10.1 Å². The van der Waals surface area contributed by atoms with Crippen molar-refractivity contribution >= 4 is 33.5 Å². The Balaban J connectivity index is 1.39. The summed E-state index contributed by atoms with van der Waals surface area (Å²) >= 11 is 0. The molecule has 2 heterocycles. The van der Waals surface area contributed by atoms with Gasteiger partial charge in [-0.15, -0.1) is 0 Å². The van der Waals surface area contributed by atoms with E-state index in [-0.39, 0.29) is 16.0 Å². The van der Waals surface area contributed by atoms with Crippen molar-refractivity contribution in [3.63, 3.8) is 0 Å². The van der Waals surface area contributed by atoms with E-state index in [1.807, 2.05) is 18.2 Å². The van der Waals surface area contributed by atoms with Crippen molar-refractivity contribution in [3.05, 3.63) is 136 Å². The van der Waals surface area contributed by atoms with E-state index in [1.54, 1.807) is 12.1 Å². The van der Waals surface area contributed by atoms with Crippen LogP contribution in [0.25, 0.3) is 10.8 Å². The van der Waals surface area contributed by atoms with Crippen molar-refractivity contribution < 1.29 is 4.92 Å². The molecule has 0 saturated carbocycles. The highest BCUT2D eigenvalue weighted by Crippen LogP contribution is 2.50. The topological polar surface area (TPSA) is 58.7 Å². The number of benzene rings is 4. The molecule has 39 heavy (non-hydrogen) atoms. The number of hydrogen-bond acceptors (Lipinski definition) is 4. The maximum atomic E-state index is 11.6. The van der Waals surface area contributed by atoms with Crippen LogP contribution in [0.2, 0.25) is 0 Å². The number of nitro groups is 1. The number of hydrogen-bond donors (Lipinski definition) is 0. The molecular weight excluding hydrogens is 482 g/mol. The van der Waals surface area contributed by atoms with Crippen molar-refractivity contribution in [3.8, 4) is 0 Å². The van der Waals surface area contributed by atoms with Crippen LogP contribution in [-0.2, 0) is 17.3 Å². The van der Waals surface area contributed by atoms with E-state index in [0.717, 1.165) is 22.5 Å². The van der Waals surface area contributed by atoms with E-state index in [2.05, 4.69) is 99.5 Å². The lowest BCUT2D eigenvalue weighted by molar-refractivity contribution is -0.384. The van der Waals surface area contributed by atoms with Gasteiger partial charge in [0.2, 0.25) is 0 Å².